The molecule has 0 radical (unpaired) electrons. The zero-order chi connectivity index (χ0) is 12.1. The number of rotatable bonds is 4. The first kappa shape index (κ1) is 11.7. The van der Waals surface area contributed by atoms with Crippen molar-refractivity contribution in [2.75, 3.05) is 5.32 Å². The van der Waals surface area contributed by atoms with Gasteiger partial charge in [0, 0.05) is 12.2 Å². The fraction of sp³-hybridized carbons (Fsp3) is 0.250. The van der Waals surface area contributed by atoms with Crippen molar-refractivity contribution < 1.29 is 0 Å². The molecule has 2 aromatic rings. The summed E-state index contributed by atoms with van der Waals surface area (Å²) < 4.78 is 0. The Bertz CT molecular complexity index is 471. The van der Waals surface area contributed by atoms with Crippen molar-refractivity contribution in [3.05, 3.63) is 65.2 Å². The van der Waals surface area contributed by atoms with Gasteiger partial charge in [-0.1, -0.05) is 49.4 Å². The standard InChI is InChI=1S/C16H19N/c1-3-14-8-10-15(11-9-14)12-17-16-7-5-4-6-13(16)2/h4-11,17H,3,12H2,1-2H3. The molecule has 0 aliphatic carbocycles. The molecule has 17 heavy (non-hydrogen) atoms. The number of benzene rings is 2. The van der Waals surface area contributed by atoms with Crippen molar-refractivity contribution in [2.24, 2.45) is 0 Å². The van der Waals surface area contributed by atoms with E-state index in [0.717, 1.165) is 13.0 Å². The zero-order valence-electron chi connectivity index (χ0n) is 10.5. The van der Waals surface area contributed by atoms with Crippen molar-refractivity contribution in [1.82, 2.24) is 0 Å². The molecule has 1 heteroatoms. The third-order valence-electron chi connectivity index (χ3n) is 3.06. The summed E-state index contributed by atoms with van der Waals surface area (Å²) in [5.74, 6) is 0. The largest absolute Gasteiger partial charge is 0.381 e. The minimum absolute atomic E-state index is 0.884. The number of hydrogen-bond donors (Lipinski definition) is 1. The lowest BCUT2D eigenvalue weighted by Gasteiger charge is -2.09. The molecule has 0 heterocycles. The van der Waals surface area contributed by atoms with Crippen LogP contribution in [0.5, 0.6) is 0 Å². The highest BCUT2D eigenvalue weighted by Crippen LogP contribution is 2.14. The number of para-hydroxylation sites is 1. The van der Waals surface area contributed by atoms with Gasteiger partial charge in [-0.3, -0.25) is 0 Å². The maximum atomic E-state index is 3.47. The van der Waals surface area contributed by atoms with E-state index in [2.05, 4.69) is 67.7 Å². The van der Waals surface area contributed by atoms with Gasteiger partial charge in [0.25, 0.3) is 0 Å². The molecular weight excluding hydrogens is 206 g/mol. The van der Waals surface area contributed by atoms with Crippen molar-refractivity contribution in [3.8, 4) is 0 Å². The van der Waals surface area contributed by atoms with Gasteiger partial charge in [-0.05, 0) is 36.1 Å². The van der Waals surface area contributed by atoms with E-state index in [1.54, 1.807) is 0 Å². The van der Waals surface area contributed by atoms with Gasteiger partial charge in [0.15, 0.2) is 0 Å². The average molecular weight is 225 g/mol. The predicted octanol–water partition coefficient (Wildman–Crippen LogP) is 4.17. The molecule has 0 saturated carbocycles. The molecule has 0 atom stereocenters. The van der Waals surface area contributed by atoms with Crippen molar-refractivity contribution >= 4 is 5.69 Å². The monoisotopic (exact) mass is 225 g/mol. The maximum absolute atomic E-state index is 3.47. The van der Waals surface area contributed by atoms with E-state index >= 15 is 0 Å². The summed E-state index contributed by atoms with van der Waals surface area (Å²) in [4.78, 5) is 0. The quantitative estimate of drug-likeness (QED) is 0.823. The van der Waals surface area contributed by atoms with E-state index < -0.39 is 0 Å². The van der Waals surface area contributed by atoms with E-state index in [1.165, 1.54) is 22.4 Å². The first-order chi connectivity index (χ1) is 8.29. The first-order valence-corrected chi connectivity index (χ1v) is 6.17. The summed E-state index contributed by atoms with van der Waals surface area (Å²) >= 11 is 0. The number of anilines is 1. The zero-order valence-corrected chi connectivity index (χ0v) is 10.5. The Morgan fingerprint density at radius 1 is 0.882 bits per heavy atom. The Hall–Kier alpha value is -1.76. The molecule has 2 rings (SSSR count). The number of hydrogen-bond acceptors (Lipinski definition) is 1. The third kappa shape index (κ3) is 3.10. The number of aryl methyl sites for hydroxylation is 2. The molecule has 1 N–H and O–H groups in total. The second-order valence-corrected chi connectivity index (χ2v) is 4.34. The van der Waals surface area contributed by atoms with E-state index in [0.29, 0.717) is 0 Å². The molecule has 0 unspecified atom stereocenters. The van der Waals surface area contributed by atoms with Gasteiger partial charge in [0.2, 0.25) is 0 Å². The van der Waals surface area contributed by atoms with E-state index in [1.807, 2.05) is 0 Å². The van der Waals surface area contributed by atoms with Crippen LogP contribution in [-0.2, 0) is 13.0 Å². The van der Waals surface area contributed by atoms with Crippen LogP contribution in [0.25, 0.3) is 0 Å². The molecule has 0 bridgehead atoms. The minimum Gasteiger partial charge on any atom is -0.381 e. The summed E-state index contributed by atoms with van der Waals surface area (Å²) in [6.45, 7) is 5.19. The third-order valence-corrected chi connectivity index (χ3v) is 3.06. The number of nitrogens with one attached hydrogen (secondary N) is 1. The molecule has 1 nitrogen and oxygen atoms in total. The summed E-state index contributed by atoms with van der Waals surface area (Å²) in [5, 5.41) is 3.47. The molecule has 0 amide bonds. The van der Waals surface area contributed by atoms with Crippen LogP contribution in [0, 0.1) is 6.92 Å². The molecular formula is C16H19N. The van der Waals surface area contributed by atoms with Crippen LogP contribution in [0.15, 0.2) is 48.5 Å². The summed E-state index contributed by atoms with van der Waals surface area (Å²) in [6, 6.07) is 17.2. The van der Waals surface area contributed by atoms with Crippen LogP contribution in [0.3, 0.4) is 0 Å². The molecule has 0 fully saturated rings. The fourth-order valence-electron chi connectivity index (χ4n) is 1.86. The maximum Gasteiger partial charge on any atom is 0.0400 e. The van der Waals surface area contributed by atoms with Gasteiger partial charge in [-0.2, -0.15) is 0 Å². The van der Waals surface area contributed by atoms with Gasteiger partial charge in [0.05, 0.1) is 0 Å². The van der Waals surface area contributed by atoms with Gasteiger partial charge in [0.1, 0.15) is 0 Å². The molecule has 0 spiro atoms. The SMILES string of the molecule is CCc1ccc(CNc2ccccc2C)cc1. The van der Waals surface area contributed by atoms with E-state index in [-0.39, 0.29) is 0 Å². The molecule has 88 valence electrons. The van der Waals surface area contributed by atoms with Crippen LogP contribution in [0.4, 0.5) is 5.69 Å². The molecule has 0 saturated heterocycles. The molecule has 0 aliphatic heterocycles. The van der Waals surface area contributed by atoms with Gasteiger partial charge in [-0.15, -0.1) is 0 Å². The Labute approximate surface area is 103 Å². The normalized spacial score (nSPS) is 10.2. The summed E-state index contributed by atoms with van der Waals surface area (Å²) in [7, 11) is 0. The lowest BCUT2D eigenvalue weighted by atomic mass is 10.1. The second-order valence-electron chi connectivity index (χ2n) is 4.34. The van der Waals surface area contributed by atoms with Gasteiger partial charge >= 0.3 is 0 Å². The van der Waals surface area contributed by atoms with Crippen molar-refractivity contribution in [2.45, 2.75) is 26.8 Å². The van der Waals surface area contributed by atoms with Gasteiger partial charge < -0.3 is 5.32 Å². The summed E-state index contributed by atoms with van der Waals surface area (Å²) in [6.07, 6.45) is 1.10. The molecule has 0 aliphatic rings. The fourth-order valence-corrected chi connectivity index (χ4v) is 1.86. The highest BCUT2D eigenvalue weighted by molar-refractivity contribution is 5.50. The van der Waals surface area contributed by atoms with E-state index in [9.17, 15) is 0 Å². The van der Waals surface area contributed by atoms with Crippen LogP contribution in [0.1, 0.15) is 23.6 Å². The Morgan fingerprint density at radius 2 is 1.53 bits per heavy atom. The predicted molar refractivity (Wildman–Crippen MR) is 74.3 cm³/mol. The lowest BCUT2D eigenvalue weighted by Crippen LogP contribution is -2.00. The van der Waals surface area contributed by atoms with Gasteiger partial charge in [-0.25, -0.2) is 0 Å². The first-order valence-electron chi connectivity index (χ1n) is 6.17. The topological polar surface area (TPSA) is 12.0 Å². The lowest BCUT2D eigenvalue weighted by molar-refractivity contribution is 1.10. The van der Waals surface area contributed by atoms with Crippen LogP contribution in [-0.4, -0.2) is 0 Å². The minimum atomic E-state index is 0.884. The van der Waals surface area contributed by atoms with Crippen molar-refractivity contribution in [1.29, 1.82) is 0 Å². The van der Waals surface area contributed by atoms with Crippen molar-refractivity contribution in [3.63, 3.8) is 0 Å². The smallest absolute Gasteiger partial charge is 0.0400 e. The average Bonchev–Trinajstić information content (AvgIpc) is 2.38. The second kappa shape index (κ2) is 5.53. The Morgan fingerprint density at radius 3 is 2.18 bits per heavy atom. The summed E-state index contributed by atoms with van der Waals surface area (Å²) in [5.41, 5.74) is 5.22. The highest BCUT2D eigenvalue weighted by atomic mass is 14.9. The Balaban J connectivity index is 2.00. The van der Waals surface area contributed by atoms with Crippen LogP contribution >= 0.6 is 0 Å². The van der Waals surface area contributed by atoms with E-state index in [4.69, 9.17) is 0 Å². The molecule has 0 aromatic heterocycles. The Kier molecular flexibility index (Phi) is 3.81. The van der Waals surface area contributed by atoms with Crippen LogP contribution < -0.4 is 5.32 Å². The molecule has 2 aromatic carbocycles. The highest BCUT2D eigenvalue weighted by Gasteiger charge is 1.97. The van der Waals surface area contributed by atoms with Crippen LogP contribution in [0.2, 0.25) is 0 Å².